The molecular formula is C17H15N5O3. The first-order valence-corrected chi connectivity index (χ1v) is 7.47. The summed E-state index contributed by atoms with van der Waals surface area (Å²) in [6, 6.07) is 12.0. The lowest BCUT2D eigenvalue weighted by Crippen LogP contribution is -2.43. The third-order valence-corrected chi connectivity index (χ3v) is 3.58. The number of amides is 1. The topological polar surface area (TPSA) is 98.9 Å². The molecular weight excluding hydrogens is 322 g/mol. The summed E-state index contributed by atoms with van der Waals surface area (Å²) in [6.45, 7) is 1.91. The van der Waals surface area contributed by atoms with E-state index in [1.165, 1.54) is 13.2 Å². The molecule has 3 aromatic rings. The van der Waals surface area contributed by atoms with Crippen LogP contribution < -0.4 is 16.6 Å². The Hall–Kier alpha value is -3.55. The molecule has 126 valence electrons. The first-order valence-electron chi connectivity index (χ1n) is 7.47. The summed E-state index contributed by atoms with van der Waals surface area (Å²) >= 11 is 0. The van der Waals surface area contributed by atoms with Crippen LogP contribution in [0.2, 0.25) is 0 Å². The smallest absolute Gasteiger partial charge is 0.305 e. The van der Waals surface area contributed by atoms with E-state index < -0.39 is 22.9 Å². The van der Waals surface area contributed by atoms with Crippen LogP contribution >= 0.6 is 0 Å². The number of hydrogen-bond acceptors (Lipinski definition) is 5. The fourth-order valence-corrected chi connectivity index (χ4v) is 2.18. The van der Waals surface area contributed by atoms with Gasteiger partial charge >= 0.3 is 5.69 Å². The van der Waals surface area contributed by atoms with Crippen LogP contribution in [0.15, 0.2) is 58.3 Å². The Morgan fingerprint density at radius 3 is 2.44 bits per heavy atom. The third kappa shape index (κ3) is 3.23. The highest BCUT2D eigenvalue weighted by Crippen LogP contribution is 2.06. The minimum atomic E-state index is -0.776. The molecule has 2 aromatic heterocycles. The molecule has 2 heterocycles. The third-order valence-electron chi connectivity index (χ3n) is 3.58. The van der Waals surface area contributed by atoms with E-state index in [1.54, 1.807) is 30.3 Å². The number of carbonyl (C=O) groups excluding carboxylic acids is 1. The molecule has 0 bridgehead atoms. The van der Waals surface area contributed by atoms with Crippen molar-refractivity contribution < 1.29 is 4.79 Å². The van der Waals surface area contributed by atoms with Crippen LogP contribution in [0.3, 0.4) is 0 Å². The van der Waals surface area contributed by atoms with Crippen LogP contribution in [0.1, 0.15) is 16.1 Å². The number of benzene rings is 1. The molecule has 0 aliphatic heterocycles. The Kier molecular flexibility index (Phi) is 4.25. The molecule has 0 fully saturated rings. The molecule has 0 aliphatic carbocycles. The number of aromatic nitrogens is 4. The largest absolute Gasteiger partial charge is 0.351 e. The van der Waals surface area contributed by atoms with E-state index in [0.29, 0.717) is 5.69 Å². The van der Waals surface area contributed by atoms with Gasteiger partial charge in [0.2, 0.25) is 5.69 Å². The maximum absolute atomic E-state index is 12.4. The van der Waals surface area contributed by atoms with Crippen molar-refractivity contribution in [2.75, 3.05) is 5.32 Å². The van der Waals surface area contributed by atoms with Gasteiger partial charge in [-0.3, -0.25) is 14.2 Å². The van der Waals surface area contributed by atoms with Gasteiger partial charge < -0.3 is 5.32 Å². The van der Waals surface area contributed by atoms with Crippen molar-refractivity contribution >= 4 is 11.7 Å². The lowest BCUT2D eigenvalue weighted by atomic mass is 10.2. The van der Waals surface area contributed by atoms with Crippen molar-refractivity contribution in [1.29, 1.82) is 0 Å². The predicted molar refractivity (Wildman–Crippen MR) is 92.0 cm³/mol. The van der Waals surface area contributed by atoms with Gasteiger partial charge in [0.1, 0.15) is 5.82 Å². The van der Waals surface area contributed by atoms with Crippen LogP contribution in [0.5, 0.6) is 0 Å². The molecule has 0 aliphatic rings. The van der Waals surface area contributed by atoms with E-state index in [2.05, 4.69) is 15.4 Å². The number of rotatable bonds is 3. The average Bonchev–Trinajstić information content (AvgIpc) is 2.62. The van der Waals surface area contributed by atoms with Gasteiger partial charge in [-0.15, -0.1) is 0 Å². The van der Waals surface area contributed by atoms with E-state index in [9.17, 15) is 14.4 Å². The van der Waals surface area contributed by atoms with E-state index in [-0.39, 0.29) is 5.82 Å². The molecule has 0 atom stereocenters. The van der Waals surface area contributed by atoms with Gasteiger partial charge in [0.05, 0.1) is 5.69 Å². The summed E-state index contributed by atoms with van der Waals surface area (Å²) in [5.41, 5.74) is -0.341. The van der Waals surface area contributed by atoms with Crippen LogP contribution in [-0.4, -0.2) is 25.2 Å². The van der Waals surface area contributed by atoms with Gasteiger partial charge in [0, 0.05) is 13.2 Å². The summed E-state index contributed by atoms with van der Waals surface area (Å²) in [6.07, 6.45) is 1.51. The van der Waals surface area contributed by atoms with Crippen molar-refractivity contribution in [3.63, 3.8) is 0 Å². The summed E-state index contributed by atoms with van der Waals surface area (Å²) in [7, 11) is 1.30. The fraction of sp³-hybridized carbons (Fsp3) is 0.118. The molecule has 1 aromatic carbocycles. The van der Waals surface area contributed by atoms with Gasteiger partial charge in [-0.25, -0.2) is 9.78 Å². The Bertz CT molecular complexity index is 1040. The molecule has 3 rings (SSSR count). The fourth-order valence-electron chi connectivity index (χ4n) is 2.18. The van der Waals surface area contributed by atoms with Gasteiger partial charge in [-0.1, -0.05) is 23.8 Å². The Balaban J connectivity index is 2.08. The number of hydrogen-bond donors (Lipinski definition) is 1. The molecule has 1 amide bonds. The highest BCUT2D eigenvalue weighted by Gasteiger charge is 2.19. The normalized spacial score (nSPS) is 10.5. The minimum Gasteiger partial charge on any atom is -0.305 e. The first-order chi connectivity index (χ1) is 12.0. The molecule has 0 saturated carbocycles. The van der Waals surface area contributed by atoms with Gasteiger partial charge in [0.15, 0.2) is 0 Å². The number of carbonyl (C=O) groups is 1. The van der Waals surface area contributed by atoms with Crippen molar-refractivity contribution in [1.82, 2.24) is 19.3 Å². The molecule has 0 spiro atoms. The Morgan fingerprint density at radius 2 is 1.80 bits per heavy atom. The van der Waals surface area contributed by atoms with Crippen LogP contribution in [0.4, 0.5) is 5.82 Å². The van der Waals surface area contributed by atoms with E-state index in [1.807, 2.05) is 19.1 Å². The van der Waals surface area contributed by atoms with E-state index in [4.69, 9.17) is 0 Å². The summed E-state index contributed by atoms with van der Waals surface area (Å²) in [4.78, 5) is 41.0. The van der Waals surface area contributed by atoms with Gasteiger partial charge in [-0.2, -0.15) is 9.78 Å². The van der Waals surface area contributed by atoms with E-state index in [0.717, 1.165) is 14.8 Å². The van der Waals surface area contributed by atoms with Crippen molar-refractivity contribution in [2.24, 2.45) is 7.05 Å². The number of aryl methyl sites for hydroxylation is 1. The highest BCUT2D eigenvalue weighted by molar-refractivity contribution is 6.01. The van der Waals surface area contributed by atoms with Gasteiger partial charge in [0.25, 0.3) is 11.5 Å². The second kappa shape index (κ2) is 6.52. The monoisotopic (exact) mass is 337 g/mol. The van der Waals surface area contributed by atoms with Crippen LogP contribution in [0.25, 0.3) is 5.69 Å². The molecule has 1 N–H and O–H groups in total. The van der Waals surface area contributed by atoms with Crippen molar-refractivity contribution in [3.8, 4) is 5.69 Å². The number of pyridine rings is 1. The Morgan fingerprint density at radius 1 is 1.08 bits per heavy atom. The van der Waals surface area contributed by atoms with Gasteiger partial charge in [-0.05, 0) is 31.2 Å². The van der Waals surface area contributed by atoms with Crippen LogP contribution in [-0.2, 0) is 7.05 Å². The van der Waals surface area contributed by atoms with Crippen LogP contribution in [0, 0.1) is 6.92 Å². The number of nitrogens with zero attached hydrogens (tertiary/aromatic N) is 4. The summed E-state index contributed by atoms with van der Waals surface area (Å²) in [5, 5.41) is 6.45. The number of anilines is 1. The maximum Gasteiger partial charge on any atom is 0.351 e. The zero-order valence-corrected chi connectivity index (χ0v) is 13.6. The Labute approximate surface area is 142 Å². The zero-order valence-electron chi connectivity index (χ0n) is 13.6. The standard InChI is InChI=1S/C17H15N5O3/c1-11-6-8-12(9-7-11)22-17(25)21(2)16(24)14(20-22)15(23)19-13-5-3-4-10-18-13/h3-10H,1-2H3,(H,18,19,23). The first kappa shape index (κ1) is 16.3. The lowest BCUT2D eigenvalue weighted by molar-refractivity contribution is 0.101. The van der Waals surface area contributed by atoms with E-state index >= 15 is 0 Å². The zero-order chi connectivity index (χ0) is 18.0. The molecule has 0 saturated heterocycles. The SMILES string of the molecule is Cc1ccc(-n2nc(C(=O)Nc3ccccn3)c(=O)n(C)c2=O)cc1. The highest BCUT2D eigenvalue weighted by atomic mass is 16.2. The second-order valence-electron chi connectivity index (χ2n) is 5.41. The number of nitrogens with one attached hydrogen (secondary N) is 1. The lowest BCUT2D eigenvalue weighted by Gasteiger charge is -2.09. The quantitative estimate of drug-likeness (QED) is 0.765. The van der Waals surface area contributed by atoms with Crippen molar-refractivity contribution in [2.45, 2.75) is 6.92 Å². The summed E-state index contributed by atoms with van der Waals surface area (Å²) < 4.78 is 1.87. The summed E-state index contributed by atoms with van der Waals surface area (Å²) in [5.74, 6) is -0.454. The molecule has 0 radical (unpaired) electrons. The molecule has 8 nitrogen and oxygen atoms in total. The minimum absolute atomic E-state index is 0.282. The molecule has 0 unspecified atom stereocenters. The second-order valence-corrected chi connectivity index (χ2v) is 5.41. The predicted octanol–water partition coefficient (Wildman–Crippen LogP) is 0.887. The molecule has 25 heavy (non-hydrogen) atoms. The average molecular weight is 337 g/mol. The molecule has 8 heteroatoms. The maximum atomic E-state index is 12.4. The van der Waals surface area contributed by atoms with Crippen molar-refractivity contribution in [3.05, 3.63) is 80.8 Å².